The minimum Gasteiger partial charge on any atom is -0.852 e. The number of carbonyl (C=O) groups excluding carboxylic acids is 1. The van der Waals surface area contributed by atoms with E-state index in [0.29, 0.717) is 6.42 Å². The fraction of sp³-hybridized carbons (Fsp3) is 0.929. The maximum atomic E-state index is 10.3. The fourth-order valence-corrected chi connectivity index (χ4v) is 0.939. The Balaban J connectivity index is -0.000000105. The van der Waals surface area contributed by atoms with Gasteiger partial charge in [-0.2, -0.15) is 0 Å². The topological polar surface area (TPSA) is 86.2 Å². The zero-order valence-corrected chi connectivity index (χ0v) is 16.0. The third-order valence-corrected chi connectivity index (χ3v) is 1.73. The van der Waals surface area contributed by atoms with Crippen LogP contribution < -0.4 is 15.3 Å². The van der Waals surface area contributed by atoms with Crippen LogP contribution in [0.2, 0.25) is 0 Å². The van der Waals surface area contributed by atoms with Crippen LogP contribution in [0.15, 0.2) is 0 Å². The Morgan fingerprint density at radius 3 is 1.47 bits per heavy atom. The van der Waals surface area contributed by atoms with E-state index in [1.165, 1.54) is 0 Å². The third-order valence-electron chi connectivity index (χ3n) is 1.73. The van der Waals surface area contributed by atoms with E-state index in [1.807, 2.05) is 6.92 Å². The second-order valence-corrected chi connectivity index (χ2v) is 4.66. The van der Waals surface area contributed by atoms with E-state index in [2.05, 4.69) is 6.92 Å². The van der Waals surface area contributed by atoms with Crippen molar-refractivity contribution in [3.05, 3.63) is 0 Å². The maximum Gasteiger partial charge on any atom is 4.00 e. The molecular weight excluding hydrogens is 351 g/mol. The predicted molar refractivity (Wildman–Crippen MR) is 74.3 cm³/mol. The van der Waals surface area contributed by atoms with E-state index >= 15 is 0 Å². The molecule has 1 unspecified atom stereocenters. The number of rotatable bonds is 5. The molecule has 0 spiro atoms. The Morgan fingerprint density at radius 2 is 1.32 bits per heavy atom. The molecule has 0 aliphatic heterocycles. The molecule has 0 N–H and O–H groups in total. The monoisotopic (exact) mass is 381 g/mol. The van der Waals surface area contributed by atoms with Crippen molar-refractivity contribution in [3.8, 4) is 0 Å². The van der Waals surface area contributed by atoms with Gasteiger partial charge >= 0.3 is 23.9 Å². The summed E-state index contributed by atoms with van der Waals surface area (Å²) in [6, 6.07) is 0. The number of carbonyl (C=O) groups is 1. The molecule has 0 saturated carbocycles. The molecule has 0 aromatic heterocycles. The van der Waals surface area contributed by atoms with E-state index in [4.69, 9.17) is 0 Å². The quantitative estimate of drug-likeness (QED) is 0.633. The van der Waals surface area contributed by atoms with Crippen LogP contribution in [0.25, 0.3) is 0 Å². The molecule has 0 rings (SSSR count). The number of carboxylic acid groups (broad SMARTS) is 1. The molecule has 0 radical (unpaired) electrons. The first kappa shape index (κ1) is 27.5. The average molecular weight is 380 g/mol. The van der Waals surface area contributed by atoms with Gasteiger partial charge in [-0.25, -0.2) is 0 Å². The van der Waals surface area contributed by atoms with Crippen LogP contribution >= 0.6 is 0 Å². The number of unbranched alkanes of at least 4 members (excludes halogenated alkanes) is 1. The Kier molecular flexibility index (Phi) is 29.7. The predicted octanol–water partition coefficient (Wildman–Crippen LogP) is 0.0821. The largest absolute Gasteiger partial charge is 4.00 e. The van der Waals surface area contributed by atoms with Crippen LogP contribution in [0.1, 0.15) is 67.2 Å². The van der Waals surface area contributed by atoms with Crippen molar-refractivity contribution >= 4 is 29.9 Å². The summed E-state index contributed by atoms with van der Waals surface area (Å²) in [5, 5.41) is 29.4. The molecule has 0 bridgehead atoms. The number of aliphatic carboxylic acids is 1. The first-order valence-corrected chi connectivity index (χ1v) is 6.71. The van der Waals surface area contributed by atoms with E-state index in [9.17, 15) is 20.1 Å². The molecule has 0 heterocycles. The molecule has 112 valence electrons. The first-order chi connectivity index (χ1) is 8.18. The molecule has 0 aliphatic carbocycles. The second-order valence-electron chi connectivity index (χ2n) is 4.66. The molecule has 5 heteroatoms. The van der Waals surface area contributed by atoms with Crippen LogP contribution in [0.4, 0.5) is 0 Å². The molecule has 0 aliphatic rings. The van der Waals surface area contributed by atoms with Gasteiger partial charge in [0.15, 0.2) is 0 Å². The number of carboxylic acids is 1. The van der Waals surface area contributed by atoms with E-state index in [0.717, 1.165) is 19.3 Å². The third kappa shape index (κ3) is 45.9. The molecular formula is C14H29O4Sn+. The Bertz CT molecular complexity index is 161. The maximum absolute atomic E-state index is 10.3. The van der Waals surface area contributed by atoms with E-state index in [1.54, 1.807) is 27.7 Å². The van der Waals surface area contributed by atoms with Crippen LogP contribution in [0.3, 0.4) is 0 Å². The average Bonchev–Trinajstić information content (AvgIpc) is 2.16. The van der Waals surface area contributed by atoms with Gasteiger partial charge in [-0.15, -0.1) is 12.2 Å². The van der Waals surface area contributed by atoms with Crippen LogP contribution in [0, 0.1) is 5.92 Å². The molecule has 1 atom stereocenters. The van der Waals surface area contributed by atoms with E-state index in [-0.39, 0.29) is 29.8 Å². The summed E-state index contributed by atoms with van der Waals surface area (Å²) in [4.78, 5) is 10.3. The Morgan fingerprint density at radius 1 is 1.00 bits per heavy atom. The summed E-state index contributed by atoms with van der Waals surface area (Å²) in [6.07, 6.45) is 2.69. The van der Waals surface area contributed by atoms with Crippen molar-refractivity contribution in [2.75, 3.05) is 0 Å². The zero-order valence-electron chi connectivity index (χ0n) is 13.2. The van der Waals surface area contributed by atoms with Gasteiger partial charge in [0.25, 0.3) is 0 Å². The van der Waals surface area contributed by atoms with Gasteiger partial charge < -0.3 is 20.1 Å². The van der Waals surface area contributed by atoms with Gasteiger partial charge in [0.05, 0.1) is 0 Å². The minimum absolute atomic E-state index is 0. The Hall–Kier alpha value is 0.189. The van der Waals surface area contributed by atoms with Crippen molar-refractivity contribution in [2.24, 2.45) is 5.92 Å². The molecule has 0 amide bonds. The zero-order chi connectivity index (χ0) is 15.1. The van der Waals surface area contributed by atoms with Gasteiger partial charge in [-0.05, 0) is 18.8 Å². The summed E-state index contributed by atoms with van der Waals surface area (Å²) in [7, 11) is 0. The van der Waals surface area contributed by atoms with Gasteiger partial charge in [-0.1, -0.05) is 54.4 Å². The second kappa shape index (κ2) is 20.5. The van der Waals surface area contributed by atoms with Crippen molar-refractivity contribution in [1.29, 1.82) is 0 Å². The smallest absolute Gasteiger partial charge is 0.852 e. The number of hydrogen-bond donors (Lipinski definition) is 0. The van der Waals surface area contributed by atoms with Crippen LogP contribution in [0.5, 0.6) is 0 Å². The molecule has 0 aromatic rings. The van der Waals surface area contributed by atoms with Gasteiger partial charge in [-0.3, -0.25) is 0 Å². The fourth-order valence-electron chi connectivity index (χ4n) is 0.939. The van der Waals surface area contributed by atoms with Crippen molar-refractivity contribution in [2.45, 2.75) is 79.4 Å². The SMILES string of the molecule is CC(C)[O-].CC(C)[O-].CCCCC(CC)C(=O)[O-].[Sn+4]. The standard InChI is InChI=1S/C8H16O2.2C3H7O.Sn/c1-3-5-6-7(4-2)8(9)10;2*1-3(2)4;/h7H,3-6H2,1-2H3,(H,9,10);2*3H,1-2H3;/q;2*-1;+4/p-1. The summed E-state index contributed by atoms with van der Waals surface area (Å²) in [5.74, 6) is -1.11. The number of hydrogen-bond acceptors (Lipinski definition) is 4. The van der Waals surface area contributed by atoms with Gasteiger partial charge in [0, 0.05) is 5.97 Å². The normalized spacial score (nSPS) is 10.6. The van der Waals surface area contributed by atoms with Gasteiger partial charge in [0.1, 0.15) is 0 Å². The van der Waals surface area contributed by atoms with Crippen molar-refractivity contribution in [3.63, 3.8) is 0 Å². The molecule has 19 heavy (non-hydrogen) atoms. The molecule has 0 aromatic carbocycles. The van der Waals surface area contributed by atoms with Crippen molar-refractivity contribution < 1.29 is 20.1 Å². The molecule has 0 fully saturated rings. The summed E-state index contributed by atoms with van der Waals surface area (Å²) >= 11 is 0. The van der Waals surface area contributed by atoms with Crippen molar-refractivity contribution in [1.82, 2.24) is 0 Å². The Labute approximate surface area is 135 Å². The van der Waals surface area contributed by atoms with E-state index < -0.39 is 18.2 Å². The molecule has 4 nitrogen and oxygen atoms in total. The summed E-state index contributed by atoms with van der Waals surface area (Å²) < 4.78 is 0. The summed E-state index contributed by atoms with van der Waals surface area (Å²) in [6.45, 7) is 10.4. The minimum atomic E-state index is -0.893. The molecule has 0 saturated heterocycles. The summed E-state index contributed by atoms with van der Waals surface area (Å²) in [5.41, 5.74) is 0. The van der Waals surface area contributed by atoms with Gasteiger partial charge in [0.2, 0.25) is 0 Å². The van der Waals surface area contributed by atoms with Crippen LogP contribution in [-0.2, 0) is 4.79 Å². The first-order valence-electron chi connectivity index (χ1n) is 6.71. The van der Waals surface area contributed by atoms with Crippen LogP contribution in [-0.4, -0.2) is 42.1 Å².